The summed E-state index contributed by atoms with van der Waals surface area (Å²) < 4.78 is 0. The van der Waals surface area contributed by atoms with Crippen LogP contribution in [0, 0.1) is 20.2 Å². The van der Waals surface area contributed by atoms with Gasteiger partial charge in [0.15, 0.2) is 0 Å². The van der Waals surface area contributed by atoms with Crippen LogP contribution < -0.4 is 11.1 Å². The van der Waals surface area contributed by atoms with Crippen molar-refractivity contribution in [2.24, 2.45) is 5.73 Å². The highest BCUT2D eigenvalue weighted by Gasteiger charge is 2.17. The molecule has 0 unspecified atom stereocenters. The van der Waals surface area contributed by atoms with E-state index < -0.39 is 4.92 Å². The topological polar surface area (TPSA) is 150 Å². The number of nitrogens with two attached hydrogens (primary N) is 1. The van der Waals surface area contributed by atoms with Crippen LogP contribution in [0.1, 0.15) is 90.9 Å². The van der Waals surface area contributed by atoms with Crippen molar-refractivity contribution in [2.45, 2.75) is 90.9 Å². The minimum absolute atomic E-state index is 0.0460. The van der Waals surface area contributed by atoms with Crippen molar-refractivity contribution >= 4 is 50.5 Å². The second-order valence-corrected chi connectivity index (χ2v) is 11.2. The van der Waals surface area contributed by atoms with Crippen molar-refractivity contribution in [3.63, 3.8) is 0 Å². The first kappa shape index (κ1) is 37.3. The van der Waals surface area contributed by atoms with E-state index in [0.717, 1.165) is 36.8 Å². The summed E-state index contributed by atoms with van der Waals surface area (Å²) in [5.74, 6) is 0. The monoisotopic (exact) mass is 638 g/mol. The van der Waals surface area contributed by atoms with Gasteiger partial charge in [-0.25, -0.2) is 9.97 Å². The second-order valence-electron chi connectivity index (χ2n) is 10.8. The second kappa shape index (κ2) is 21.8. The quantitative estimate of drug-likeness (QED) is 0.0699. The number of nitro groups is 2. The van der Waals surface area contributed by atoms with Gasteiger partial charge in [0.05, 0.1) is 20.9 Å². The molecular formula is C34H47ClN6O4. The number of rotatable bonds is 16. The highest BCUT2D eigenvalue weighted by Crippen LogP contribution is 2.32. The number of nitrogens with zero attached hydrogens (tertiary/aromatic N) is 4. The van der Waals surface area contributed by atoms with Gasteiger partial charge in [-0.05, 0) is 31.5 Å². The lowest BCUT2D eigenvalue weighted by Gasteiger charge is -2.10. The van der Waals surface area contributed by atoms with Crippen molar-refractivity contribution in [2.75, 3.05) is 18.4 Å². The lowest BCUT2D eigenvalue weighted by atomic mass is 10.1. The molecule has 0 radical (unpaired) electrons. The van der Waals surface area contributed by atoms with Crippen LogP contribution in [-0.4, -0.2) is 32.9 Å². The number of hydrogen-bond acceptors (Lipinski definition) is 8. The molecule has 11 heteroatoms. The Morgan fingerprint density at radius 3 is 1.71 bits per heavy atom. The standard InChI is InChI=1S/C17H23N3O2.C9H5ClN2O2.C8H19N/c1-2-3-4-5-6-9-12-18-17-14-10-7-8-11-15(14)19-13-16(17)20(21)22;10-9-6-3-1-2-4-7(6)11-5-8(9)12(13)14;1-2-3-4-5-6-7-8-9/h7-8,10-11,13H,2-6,9,12H2,1H3,(H,18,19);1-5H;2-9H2,1H3. The average Bonchev–Trinajstić information content (AvgIpc) is 3.05. The number of halogens is 1. The first-order chi connectivity index (χ1) is 21.8. The van der Waals surface area contributed by atoms with Crippen molar-refractivity contribution in [3.8, 4) is 0 Å². The van der Waals surface area contributed by atoms with Crippen molar-refractivity contribution in [1.82, 2.24) is 9.97 Å². The molecule has 0 bridgehead atoms. The van der Waals surface area contributed by atoms with Crippen molar-refractivity contribution in [1.29, 1.82) is 0 Å². The van der Waals surface area contributed by atoms with Gasteiger partial charge in [-0.15, -0.1) is 0 Å². The van der Waals surface area contributed by atoms with Crippen LogP contribution >= 0.6 is 11.6 Å². The zero-order chi connectivity index (χ0) is 32.9. The molecule has 3 N–H and O–H groups in total. The van der Waals surface area contributed by atoms with E-state index in [1.54, 1.807) is 24.3 Å². The fourth-order valence-corrected chi connectivity index (χ4v) is 5.00. The zero-order valence-electron chi connectivity index (χ0n) is 26.6. The Morgan fingerprint density at radius 2 is 1.16 bits per heavy atom. The Bertz CT molecular complexity index is 1460. The van der Waals surface area contributed by atoms with Gasteiger partial charge < -0.3 is 11.1 Å². The van der Waals surface area contributed by atoms with Crippen LogP contribution in [0.25, 0.3) is 21.8 Å². The molecule has 4 aromatic rings. The molecule has 244 valence electrons. The number of unbranched alkanes of at least 4 members (excludes halogenated alkanes) is 10. The fourth-order valence-electron chi connectivity index (χ4n) is 4.72. The molecule has 10 nitrogen and oxygen atoms in total. The molecule has 0 amide bonds. The molecule has 0 fully saturated rings. The molecule has 0 saturated carbocycles. The third kappa shape index (κ3) is 12.9. The lowest BCUT2D eigenvalue weighted by molar-refractivity contribution is -0.384. The summed E-state index contributed by atoms with van der Waals surface area (Å²) in [6.45, 7) is 6.06. The molecule has 4 rings (SSSR count). The van der Waals surface area contributed by atoms with Gasteiger partial charge in [0.25, 0.3) is 0 Å². The molecule has 0 aliphatic rings. The number of anilines is 1. The Morgan fingerprint density at radius 1 is 0.689 bits per heavy atom. The summed E-state index contributed by atoms with van der Waals surface area (Å²) in [6, 6.07) is 14.5. The van der Waals surface area contributed by atoms with E-state index in [1.807, 2.05) is 24.3 Å². The number of pyridine rings is 2. The molecule has 45 heavy (non-hydrogen) atoms. The maximum Gasteiger partial charge on any atom is 0.311 e. The van der Waals surface area contributed by atoms with Crippen LogP contribution in [0.15, 0.2) is 60.9 Å². The zero-order valence-corrected chi connectivity index (χ0v) is 27.3. The van der Waals surface area contributed by atoms with Gasteiger partial charge in [0.1, 0.15) is 23.1 Å². The largest absolute Gasteiger partial charge is 0.379 e. The molecule has 2 heterocycles. The SMILES string of the molecule is CCCCCCCCN.CCCCCCCCNc1c([N+](=O)[O-])cnc2ccccc12.O=[N+]([O-])c1cnc2ccccc2c1Cl. The van der Waals surface area contributed by atoms with E-state index >= 15 is 0 Å². The molecule has 0 atom stereocenters. The van der Waals surface area contributed by atoms with Crippen LogP contribution in [0.2, 0.25) is 5.02 Å². The summed E-state index contributed by atoms with van der Waals surface area (Å²) in [5.41, 5.74) is 7.25. The Hall–Kier alpha value is -3.89. The van der Waals surface area contributed by atoms with Crippen LogP contribution in [-0.2, 0) is 0 Å². The van der Waals surface area contributed by atoms with Gasteiger partial charge in [-0.3, -0.25) is 20.2 Å². The average molecular weight is 639 g/mol. The van der Waals surface area contributed by atoms with Gasteiger partial charge >= 0.3 is 11.4 Å². The van der Waals surface area contributed by atoms with E-state index in [-0.39, 0.29) is 21.3 Å². The first-order valence-corrected chi connectivity index (χ1v) is 16.4. The summed E-state index contributed by atoms with van der Waals surface area (Å²) >= 11 is 5.85. The molecule has 0 saturated heterocycles. The number of hydrogen-bond donors (Lipinski definition) is 2. The number of aromatic nitrogens is 2. The lowest BCUT2D eigenvalue weighted by Crippen LogP contribution is -2.05. The first-order valence-electron chi connectivity index (χ1n) is 16.0. The van der Waals surface area contributed by atoms with Crippen LogP contribution in [0.4, 0.5) is 17.1 Å². The van der Waals surface area contributed by atoms with Crippen LogP contribution in [0.3, 0.4) is 0 Å². The van der Waals surface area contributed by atoms with Crippen molar-refractivity contribution < 1.29 is 9.85 Å². The number of para-hydroxylation sites is 2. The predicted octanol–water partition coefficient (Wildman–Crippen LogP) is 10.0. The Kier molecular flexibility index (Phi) is 18.0. The Labute approximate surface area is 271 Å². The number of fused-ring (bicyclic) bond motifs is 2. The highest BCUT2D eigenvalue weighted by atomic mass is 35.5. The minimum atomic E-state index is -0.540. The highest BCUT2D eigenvalue weighted by molar-refractivity contribution is 6.37. The molecular weight excluding hydrogens is 592 g/mol. The fraction of sp³-hybridized carbons (Fsp3) is 0.471. The van der Waals surface area contributed by atoms with E-state index in [4.69, 9.17) is 17.3 Å². The number of benzene rings is 2. The van der Waals surface area contributed by atoms with Gasteiger partial charge in [0.2, 0.25) is 0 Å². The van der Waals surface area contributed by atoms with E-state index in [0.29, 0.717) is 16.6 Å². The molecule has 0 aliphatic carbocycles. The summed E-state index contributed by atoms with van der Waals surface area (Å²) in [6.07, 6.45) is 17.8. The third-order valence-electron chi connectivity index (χ3n) is 7.23. The van der Waals surface area contributed by atoms with Gasteiger partial charge in [-0.2, -0.15) is 0 Å². The van der Waals surface area contributed by atoms with E-state index in [9.17, 15) is 20.2 Å². The molecule has 2 aromatic heterocycles. The third-order valence-corrected chi connectivity index (χ3v) is 7.63. The Balaban J connectivity index is 0.000000262. The number of nitrogens with one attached hydrogen (secondary N) is 1. The summed E-state index contributed by atoms with van der Waals surface area (Å²) in [5, 5.41) is 26.5. The minimum Gasteiger partial charge on any atom is -0.379 e. The van der Waals surface area contributed by atoms with E-state index in [2.05, 4.69) is 29.1 Å². The summed E-state index contributed by atoms with van der Waals surface area (Å²) in [7, 11) is 0. The summed E-state index contributed by atoms with van der Waals surface area (Å²) in [4.78, 5) is 28.9. The maximum absolute atomic E-state index is 11.2. The molecule has 2 aromatic carbocycles. The normalized spacial score (nSPS) is 10.5. The predicted molar refractivity (Wildman–Crippen MR) is 186 cm³/mol. The smallest absolute Gasteiger partial charge is 0.311 e. The van der Waals surface area contributed by atoms with E-state index in [1.165, 1.54) is 76.6 Å². The van der Waals surface area contributed by atoms with Gasteiger partial charge in [0, 0.05) is 17.3 Å². The van der Waals surface area contributed by atoms with Crippen LogP contribution in [0.5, 0.6) is 0 Å². The maximum atomic E-state index is 11.2. The van der Waals surface area contributed by atoms with Gasteiger partial charge in [-0.1, -0.05) is 126 Å². The van der Waals surface area contributed by atoms with Crippen molar-refractivity contribution in [3.05, 3.63) is 86.2 Å². The molecule has 0 spiro atoms. The molecule has 0 aliphatic heterocycles.